The summed E-state index contributed by atoms with van der Waals surface area (Å²) in [6.07, 6.45) is -11.4. The van der Waals surface area contributed by atoms with Crippen LogP contribution >= 0.6 is 38.7 Å². The zero-order chi connectivity index (χ0) is 105. The van der Waals surface area contributed by atoms with Crippen molar-refractivity contribution in [2.24, 2.45) is 17.8 Å². The van der Waals surface area contributed by atoms with E-state index in [0.29, 0.717) is 39.1 Å². The molecule has 780 valence electrons. The van der Waals surface area contributed by atoms with Crippen LogP contribution in [0.25, 0.3) is 22.1 Å². The lowest BCUT2D eigenvalue weighted by Gasteiger charge is -2.27. The van der Waals surface area contributed by atoms with Gasteiger partial charge in [-0.2, -0.15) is 55.9 Å². The van der Waals surface area contributed by atoms with Crippen molar-refractivity contribution in [3.05, 3.63) is 175 Å². The number of para-hydroxylation sites is 2. The van der Waals surface area contributed by atoms with Crippen molar-refractivity contribution in [2.45, 2.75) is 189 Å². The average Bonchev–Trinajstić information content (AvgIpc) is 1.59. The molecule has 23 atom stereocenters. The summed E-state index contributed by atoms with van der Waals surface area (Å²) < 4.78 is 136. The van der Waals surface area contributed by atoms with Gasteiger partial charge < -0.3 is 135 Å². The summed E-state index contributed by atoms with van der Waals surface area (Å²) in [6, 6.07) is 38.3. The highest BCUT2D eigenvalue weighted by molar-refractivity contribution is 7.60. The number of nitrogens with two attached hydrogens (primary N) is 4. The number of aromatic nitrogens is 9. The van der Waals surface area contributed by atoms with Crippen LogP contribution in [0.2, 0.25) is 0 Å². The average molecular weight is 2110 g/mol. The number of carbonyl (C=O) groups is 3. The number of ether oxygens (including phenoxy) is 6. The van der Waals surface area contributed by atoms with Crippen molar-refractivity contribution in [2.75, 3.05) is 68.7 Å². The number of rotatable bonds is 39. The van der Waals surface area contributed by atoms with Gasteiger partial charge in [-0.25, -0.2) is 41.3 Å². The number of nitrogens with one attached hydrogen (secondary N) is 2. The topological polar surface area (TPSA) is 828 Å². The predicted octanol–water partition coefficient (Wildman–Crippen LogP) is 3.89. The molecule has 0 aliphatic carbocycles. The lowest BCUT2D eigenvalue weighted by molar-refractivity contribution is -0.203. The van der Waals surface area contributed by atoms with E-state index in [0.717, 1.165) is 25.7 Å². The Balaban J connectivity index is 0.000000199. The summed E-state index contributed by atoms with van der Waals surface area (Å²) in [5.41, 5.74) is 18.4. The highest BCUT2D eigenvalue weighted by atomic mass is 31.3. The number of benzene rings is 2. The Morgan fingerprint density at radius 1 is 0.465 bits per heavy atom. The molecule has 0 saturated carbocycles. The third kappa shape index (κ3) is 25.4. The second-order valence-corrected chi connectivity index (χ2v) is 41.3. The number of esters is 2. The van der Waals surface area contributed by atoms with E-state index in [1.165, 1.54) is 100 Å². The molecule has 14 rings (SSSR count). The van der Waals surface area contributed by atoms with Gasteiger partial charge in [0.15, 0.2) is 5.82 Å². The molecule has 0 radical (unpaired) electrons. The molecule has 4 aliphatic heterocycles. The van der Waals surface area contributed by atoms with Crippen LogP contribution in [-0.4, -0.2) is 253 Å². The quantitative estimate of drug-likeness (QED) is 0.0192. The molecule has 0 spiro atoms. The lowest BCUT2D eigenvalue weighted by Crippen LogP contribution is -2.41. The standard InChI is InChI=1S/C28H36N5O8P.C27H35N6O8P.C17H21N4O8P.C13H16N4O10P2.CH4/c1-4-19(5-2)15-38-27(36)18(3)32-42(37,41-20-9-7-6-8-10-20)39-16-23-25(34)26(35)28(17-29,40-23)24-12-11-22-21(30)13-14-31-33(22)24;1-4-18(5-2)13-38-26(36)17(3)32-42(37,41-19-9-7-6-8-10-19)39-14-21-23(34)24(35)27(15-28,40-21)22-12-11-20-25(29)30-16-31-33(20)22;1-9(16(24)25)7-30(26,27)28-6-12-14(22)15(23)17(8-18,29-12)13-3-2-11-10(19)4-5-20-21(11)13;14-6-13(10-2-1-8-7(15)3-4-16-17(8)10)12(19)11(18)9(26-13)5-25-29(23,24)27-28(20,21)22;/h6-14,18-19,23,25-26,34-35H,4-5,15-16,30H2,1-3H3,(H,32,37);6-12,16-18,21,23-24,34-35H,4-5,13-14H2,1-3H3,(H,32,37)(H2,29,30,31);2-5,9,12,14-15,22-23H,6-7,19H2,1H3,(H,24,25)(H,26,27);1-4,9,11-12,18-19H,5,15H2,(H,23,24)(H2,20,21,22);1H4/p-1/t18-,23+,25+,26+,28-,42+;17-,21+,23+,24+,27-,42-;9?,12-,14-,15-,17+;9-,11-,12-,13+;/m0011./s1. The molecule has 4 aliphatic rings. The van der Waals surface area contributed by atoms with Gasteiger partial charge in [0.25, 0.3) is 0 Å². The fraction of sp³-hybridized carbons (Fsp3) is 0.465. The molecule has 10 aromatic rings. The molecular weight excluding hydrogens is 2000 g/mol. The van der Waals surface area contributed by atoms with Gasteiger partial charge in [-0.05, 0) is 117 Å². The smallest absolute Gasteiger partial charge is 0.481 e. The van der Waals surface area contributed by atoms with Crippen LogP contribution in [0, 0.1) is 63.1 Å². The van der Waals surface area contributed by atoms with Crippen molar-refractivity contribution < 1.29 is 163 Å². The van der Waals surface area contributed by atoms with Crippen molar-refractivity contribution >= 4 is 102 Å². The number of aliphatic hydroxyl groups is 8. The first-order valence-electron chi connectivity index (χ1n) is 43.9. The summed E-state index contributed by atoms with van der Waals surface area (Å²) in [4.78, 5) is 78.7. The molecule has 4 saturated heterocycles. The minimum absolute atomic E-state index is 0. The zero-order valence-corrected chi connectivity index (χ0v) is 81.7. The summed E-state index contributed by atoms with van der Waals surface area (Å²) in [6.45, 7) is 9.73. The van der Waals surface area contributed by atoms with E-state index < -0.39 is 203 Å². The third-order valence-electron chi connectivity index (χ3n) is 23.6. The van der Waals surface area contributed by atoms with E-state index in [1.807, 2.05) is 45.9 Å². The molecule has 2 aromatic carbocycles. The minimum Gasteiger partial charge on any atom is -0.778 e. The monoisotopic (exact) mass is 2110 g/mol. The number of carboxylic acids is 1. The molecule has 144 heavy (non-hydrogen) atoms. The number of fused-ring (bicyclic) bond motifs is 4. The number of nitrogen functional groups attached to an aromatic ring is 4. The van der Waals surface area contributed by atoms with Crippen LogP contribution in [0.5, 0.6) is 11.5 Å². The molecule has 4 fully saturated rings. The fourth-order valence-corrected chi connectivity index (χ4v) is 21.4. The van der Waals surface area contributed by atoms with Crippen molar-refractivity contribution in [1.82, 2.24) is 53.6 Å². The van der Waals surface area contributed by atoms with Crippen LogP contribution in [-0.2, 0) is 110 Å². The maximum absolute atomic E-state index is 13.9. The molecule has 53 nitrogen and oxygen atoms in total. The Hall–Kier alpha value is -11.5. The highest BCUT2D eigenvalue weighted by Crippen LogP contribution is 2.59. The van der Waals surface area contributed by atoms with Crippen LogP contribution < -0.4 is 47.1 Å². The Morgan fingerprint density at radius 2 is 0.771 bits per heavy atom. The first-order valence-corrected chi connectivity index (χ1v) is 51.8. The van der Waals surface area contributed by atoms with Crippen molar-refractivity contribution in [1.29, 1.82) is 21.0 Å². The van der Waals surface area contributed by atoms with E-state index in [4.69, 9.17) is 88.9 Å². The molecular formula is C86H111N19O34P5-. The first-order chi connectivity index (χ1) is 67.6. The largest absolute Gasteiger partial charge is 0.778 e. The van der Waals surface area contributed by atoms with Crippen LogP contribution in [0.3, 0.4) is 0 Å². The van der Waals surface area contributed by atoms with E-state index in [-0.39, 0.29) is 72.6 Å². The number of phosphoric acid groups is 2. The first kappa shape index (κ1) is 114. The van der Waals surface area contributed by atoms with Gasteiger partial charge in [-0.15, -0.1) is 0 Å². The Bertz CT molecular complexity index is 6360. The normalized spacial score (nSPS) is 26.2. The SMILES string of the molecule is C.CC(CP(=O)([O-])OC[C@H]1O[C@@](C#N)(c2ccc3c(N)ccnn23)[C@H](O)[C@@H]1O)C(=O)O.CCC(CC)COC(=O)[C@H](C)N[P@@](=O)(OC[C@H]1O[C@@](C#N)(c2ccc3c(N)ccnn23)[C@H](O)[C@@H]1O)Oc1ccccc1.CCC(CC)COC(=O)[C@H](C)N[P@](=O)(OC[C@H]1O[C@@](C#N)(c2ccc3c(N)ncnn23)[C@H](O)[C@@H]1O)Oc1ccccc1.N#C[C@@]1(c2ccc3c(N)ccnn23)O[C@H](COP(=O)(O)OP(=O)(O)O)[C@@H](O)[C@H]1O. The van der Waals surface area contributed by atoms with Gasteiger partial charge in [0.1, 0.15) is 141 Å². The lowest BCUT2D eigenvalue weighted by atomic mass is 9.92. The number of carboxylic acid groups (broad SMARTS) is 1. The summed E-state index contributed by atoms with van der Waals surface area (Å²) in [7, 11) is -23.8. The third-order valence-corrected chi connectivity index (χ3v) is 30.6. The van der Waals surface area contributed by atoms with Gasteiger partial charge in [-0.3, -0.25) is 28.0 Å². The van der Waals surface area contributed by atoms with Crippen LogP contribution in [0.1, 0.15) is 104 Å². The van der Waals surface area contributed by atoms with E-state index in [1.54, 1.807) is 97.1 Å². The Morgan fingerprint density at radius 3 is 1.08 bits per heavy atom. The molecule has 3 unspecified atom stereocenters. The fourth-order valence-electron chi connectivity index (χ4n) is 15.5. The molecule has 58 heteroatoms. The Labute approximate surface area is 821 Å². The maximum atomic E-state index is 13.9. The second-order valence-electron chi connectivity index (χ2n) is 33.2. The summed E-state index contributed by atoms with van der Waals surface area (Å²) in [5.74, 6) is -2.91. The van der Waals surface area contributed by atoms with Gasteiger partial charge in [-0.1, -0.05) is 104 Å². The maximum Gasteiger partial charge on any atom is 0.481 e. The highest BCUT2D eigenvalue weighted by Gasteiger charge is 2.62. The van der Waals surface area contributed by atoms with Gasteiger partial charge >= 0.3 is 49.0 Å². The van der Waals surface area contributed by atoms with Gasteiger partial charge in [0, 0.05) is 24.8 Å². The molecule has 22 N–H and O–H groups in total. The molecule has 12 heterocycles. The summed E-state index contributed by atoms with van der Waals surface area (Å²) >= 11 is 0. The number of hydrogen-bond donors (Lipinski definition) is 18. The number of carbonyl (C=O) groups excluding carboxylic acids is 2. The minimum atomic E-state index is -5.35. The summed E-state index contributed by atoms with van der Waals surface area (Å²) in [5, 5.41) is 156. The van der Waals surface area contributed by atoms with Crippen LogP contribution in [0.15, 0.2) is 152 Å². The number of aliphatic hydroxyl groups excluding tert-OH is 8. The Kier molecular flexibility index (Phi) is 38.0. The molecule has 0 amide bonds. The van der Waals surface area contributed by atoms with Gasteiger partial charge in [0.05, 0.1) is 102 Å². The number of nitriles is 4. The van der Waals surface area contributed by atoms with Crippen molar-refractivity contribution in [3.63, 3.8) is 0 Å². The molecule has 8 aromatic heterocycles. The van der Waals surface area contributed by atoms with E-state index >= 15 is 0 Å². The van der Waals surface area contributed by atoms with Crippen LogP contribution in [0.4, 0.5) is 22.9 Å². The predicted molar refractivity (Wildman–Crippen MR) is 500 cm³/mol. The number of aliphatic carboxylic acids is 1. The zero-order valence-electron chi connectivity index (χ0n) is 77.2. The number of phosphoric ester groups is 1. The van der Waals surface area contributed by atoms with E-state index in [2.05, 4.69) is 44.4 Å². The van der Waals surface area contributed by atoms with Gasteiger partial charge in [0.2, 0.25) is 22.4 Å². The second kappa shape index (κ2) is 47.8. The molecule has 0 bridgehead atoms. The van der Waals surface area contributed by atoms with Crippen molar-refractivity contribution in [3.8, 4) is 35.8 Å². The number of hydrogen-bond acceptors (Lipinski definition) is 43. The number of nitrogens with zero attached hydrogens (tertiary/aromatic N) is 13. The van der Waals surface area contributed by atoms with E-state index in [9.17, 15) is 109 Å². The number of anilines is 4.